The van der Waals surface area contributed by atoms with Crippen molar-refractivity contribution in [3.05, 3.63) is 0 Å². The van der Waals surface area contributed by atoms with Gasteiger partial charge in [-0.2, -0.15) is 5.26 Å². The van der Waals surface area contributed by atoms with Gasteiger partial charge in [0, 0.05) is 0 Å². The fraction of sp³-hybridized carbons (Fsp3) is 0.909. The zero-order valence-electron chi connectivity index (χ0n) is 8.60. The van der Waals surface area contributed by atoms with E-state index in [4.69, 9.17) is 0 Å². The van der Waals surface area contributed by atoms with Gasteiger partial charge < -0.3 is 0 Å². The van der Waals surface area contributed by atoms with E-state index in [0.717, 1.165) is 19.4 Å². The molecule has 0 aromatic rings. The molecule has 0 aromatic carbocycles. The highest BCUT2D eigenvalue weighted by Crippen LogP contribution is 2.25. The lowest BCUT2D eigenvalue weighted by Gasteiger charge is -2.29. The fourth-order valence-electron chi connectivity index (χ4n) is 2.18. The van der Waals surface area contributed by atoms with Crippen molar-refractivity contribution in [3.63, 3.8) is 0 Å². The molecule has 0 radical (unpaired) electrons. The van der Waals surface area contributed by atoms with E-state index < -0.39 is 0 Å². The second kappa shape index (κ2) is 5.24. The number of hydrogen-bond donors (Lipinski definition) is 1. The molecule has 0 saturated heterocycles. The largest absolute Gasteiger partial charge is 0.300 e. The molecule has 13 heavy (non-hydrogen) atoms. The van der Waals surface area contributed by atoms with Crippen molar-refractivity contribution in [1.82, 2.24) is 5.32 Å². The maximum absolute atomic E-state index is 9.18. The molecule has 0 atom stereocenters. The Morgan fingerprint density at radius 2 is 1.69 bits per heavy atom. The predicted molar refractivity (Wildman–Crippen MR) is 54.3 cm³/mol. The molecule has 1 N–H and O–H groups in total. The van der Waals surface area contributed by atoms with Crippen LogP contribution in [0.5, 0.6) is 0 Å². The number of hydrogen-bond acceptors (Lipinski definition) is 2. The molecular weight excluding hydrogens is 160 g/mol. The first-order chi connectivity index (χ1) is 6.33. The highest BCUT2D eigenvalue weighted by Gasteiger charge is 2.28. The first-order valence-corrected chi connectivity index (χ1v) is 5.49. The summed E-state index contributed by atoms with van der Waals surface area (Å²) in [6, 6.07) is 2.48. The molecule has 1 saturated carbocycles. The molecule has 0 heterocycles. The van der Waals surface area contributed by atoms with E-state index in [9.17, 15) is 5.26 Å². The van der Waals surface area contributed by atoms with Crippen molar-refractivity contribution >= 4 is 0 Å². The summed E-state index contributed by atoms with van der Waals surface area (Å²) in [5.41, 5.74) is -0.199. The first-order valence-electron chi connectivity index (χ1n) is 5.49. The smallest absolute Gasteiger partial charge is 0.106 e. The van der Waals surface area contributed by atoms with Crippen LogP contribution in [0, 0.1) is 11.3 Å². The molecule has 2 nitrogen and oxygen atoms in total. The van der Waals surface area contributed by atoms with Gasteiger partial charge >= 0.3 is 0 Å². The van der Waals surface area contributed by atoms with E-state index in [1.165, 1.54) is 32.1 Å². The highest BCUT2D eigenvalue weighted by molar-refractivity contribution is 5.06. The van der Waals surface area contributed by atoms with Gasteiger partial charge in [-0.3, -0.25) is 5.32 Å². The Bertz CT molecular complexity index is 173. The molecule has 0 bridgehead atoms. The molecule has 1 aliphatic rings. The number of nitriles is 1. The topological polar surface area (TPSA) is 35.8 Å². The maximum atomic E-state index is 9.18. The van der Waals surface area contributed by atoms with Gasteiger partial charge in [-0.05, 0) is 19.4 Å². The Morgan fingerprint density at radius 3 is 2.15 bits per heavy atom. The summed E-state index contributed by atoms with van der Waals surface area (Å²) in [6.45, 7) is 2.99. The van der Waals surface area contributed by atoms with Crippen molar-refractivity contribution in [2.75, 3.05) is 6.54 Å². The Morgan fingerprint density at radius 1 is 1.15 bits per heavy atom. The predicted octanol–water partition coefficient (Wildman–Crippen LogP) is 2.60. The van der Waals surface area contributed by atoms with Crippen LogP contribution in [0.1, 0.15) is 51.9 Å². The molecule has 1 fully saturated rings. The van der Waals surface area contributed by atoms with E-state index in [0.29, 0.717) is 0 Å². The lowest BCUT2D eigenvalue weighted by molar-refractivity contribution is 0.322. The molecule has 1 rings (SSSR count). The minimum Gasteiger partial charge on any atom is -0.300 e. The monoisotopic (exact) mass is 180 g/mol. The van der Waals surface area contributed by atoms with Gasteiger partial charge in [-0.1, -0.05) is 39.0 Å². The summed E-state index contributed by atoms with van der Waals surface area (Å²) in [6.07, 6.45) is 8.45. The number of nitrogens with one attached hydrogen (secondary N) is 1. The second-order valence-electron chi connectivity index (χ2n) is 3.99. The minimum absolute atomic E-state index is 0.199. The summed E-state index contributed by atoms with van der Waals surface area (Å²) in [5.74, 6) is 0. The van der Waals surface area contributed by atoms with Crippen LogP contribution in [0.3, 0.4) is 0 Å². The van der Waals surface area contributed by atoms with Gasteiger partial charge in [-0.15, -0.1) is 0 Å². The van der Waals surface area contributed by atoms with Gasteiger partial charge in [0.2, 0.25) is 0 Å². The third kappa shape index (κ3) is 3.00. The normalized spacial score (nSPS) is 22.8. The van der Waals surface area contributed by atoms with Crippen molar-refractivity contribution in [3.8, 4) is 6.07 Å². The van der Waals surface area contributed by atoms with Gasteiger partial charge in [0.05, 0.1) is 6.07 Å². The summed E-state index contributed by atoms with van der Waals surface area (Å²) in [5, 5.41) is 12.5. The number of rotatable bonds is 2. The van der Waals surface area contributed by atoms with Crippen molar-refractivity contribution in [2.24, 2.45) is 0 Å². The van der Waals surface area contributed by atoms with Crippen LogP contribution in [0.15, 0.2) is 0 Å². The highest BCUT2D eigenvalue weighted by atomic mass is 15.0. The molecule has 0 unspecified atom stereocenters. The van der Waals surface area contributed by atoms with Crippen molar-refractivity contribution in [2.45, 2.75) is 57.4 Å². The first kappa shape index (κ1) is 10.5. The lowest BCUT2D eigenvalue weighted by Crippen LogP contribution is -2.44. The molecule has 2 heteroatoms. The van der Waals surface area contributed by atoms with Crippen LogP contribution in [0.2, 0.25) is 0 Å². The molecule has 0 aliphatic heterocycles. The molecule has 0 aromatic heterocycles. The number of nitrogens with zero attached hydrogens (tertiary/aromatic N) is 1. The minimum atomic E-state index is -0.199. The Hall–Kier alpha value is -0.550. The Kier molecular flexibility index (Phi) is 4.24. The van der Waals surface area contributed by atoms with Crippen LogP contribution in [0.4, 0.5) is 0 Å². The fourth-order valence-corrected chi connectivity index (χ4v) is 2.18. The third-order valence-electron chi connectivity index (χ3n) is 2.94. The zero-order chi connectivity index (χ0) is 9.57. The zero-order valence-corrected chi connectivity index (χ0v) is 8.60. The Balaban J connectivity index is 2.54. The van der Waals surface area contributed by atoms with Crippen LogP contribution in [0.25, 0.3) is 0 Å². The van der Waals surface area contributed by atoms with Gasteiger partial charge in [0.25, 0.3) is 0 Å². The van der Waals surface area contributed by atoms with Gasteiger partial charge in [-0.25, -0.2) is 0 Å². The lowest BCUT2D eigenvalue weighted by atomic mass is 9.85. The third-order valence-corrected chi connectivity index (χ3v) is 2.94. The summed E-state index contributed by atoms with van der Waals surface area (Å²) < 4.78 is 0. The molecule has 1 aliphatic carbocycles. The van der Waals surface area contributed by atoms with Crippen LogP contribution in [-0.2, 0) is 0 Å². The van der Waals surface area contributed by atoms with Crippen LogP contribution in [-0.4, -0.2) is 12.1 Å². The average molecular weight is 180 g/mol. The standard InChI is InChI=1S/C11H20N2/c1-2-13-11(10-12)8-6-4-3-5-7-9-11/h13H,2-9H2,1H3. The molecule has 74 valence electrons. The van der Waals surface area contributed by atoms with Crippen molar-refractivity contribution in [1.29, 1.82) is 5.26 Å². The summed E-state index contributed by atoms with van der Waals surface area (Å²) in [7, 11) is 0. The molecular formula is C11H20N2. The van der Waals surface area contributed by atoms with E-state index in [2.05, 4.69) is 18.3 Å². The quantitative estimate of drug-likeness (QED) is 0.709. The van der Waals surface area contributed by atoms with E-state index in [1.807, 2.05) is 0 Å². The Labute approximate surface area is 81.3 Å². The summed E-state index contributed by atoms with van der Waals surface area (Å²) in [4.78, 5) is 0. The second-order valence-corrected chi connectivity index (χ2v) is 3.99. The van der Waals surface area contributed by atoms with E-state index >= 15 is 0 Å². The van der Waals surface area contributed by atoms with E-state index in [-0.39, 0.29) is 5.54 Å². The molecule has 0 spiro atoms. The van der Waals surface area contributed by atoms with E-state index in [1.54, 1.807) is 0 Å². The van der Waals surface area contributed by atoms with Crippen LogP contribution >= 0.6 is 0 Å². The summed E-state index contributed by atoms with van der Waals surface area (Å²) >= 11 is 0. The molecule has 0 amide bonds. The van der Waals surface area contributed by atoms with Gasteiger partial charge in [0.15, 0.2) is 0 Å². The maximum Gasteiger partial charge on any atom is 0.106 e. The van der Waals surface area contributed by atoms with Gasteiger partial charge in [0.1, 0.15) is 5.54 Å². The van der Waals surface area contributed by atoms with Crippen molar-refractivity contribution < 1.29 is 0 Å². The average Bonchev–Trinajstić information content (AvgIpc) is 2.10. The SMILES string of the molecule is CCNC1(C#N)CCCCCCC1. The van der Waals surface area contributed by atoms with Crippen LogP contribution < -0.4 is 5.32 Å².